The first kappa shape index (κ1) is 25.5. The molecule has 0 unspecified atom stereocenters. The quantitative estimate of drug-likeness (QED) is 0.375. The Kier molecular flexibility index (Phi) is 9.01. The van der Waals surface area contributed by atoms with Crippen LogP contribution < -0.4 is 15.4 Å². The maximum atomic E-state index is 12.2. The number of hydrogen-bond acceptors (Lipinski definition) is 5. The van der Waals surface area contributed by atoms with E-state index < -0.39 is 18.5 Å². The highest BCUT2D eigenvalue weighted by atomic mass is 16.5. The lowest BCUT2D eigenvalue weighted by Crippen LogP contribution is -2.22. The average Bonchev–Trinajstić information content (AvgIpc) is 2.85. The van der Waals surface area contributed by atoms with Gasteiger partial charge in [0.2, 0.25) is 5.91 Å². The number of amides is 2. The minimum Gasteiger partial charge on any atom is -0.457 e. The van der Waals surface area contributed by atoms with E-state index in [0.717, 1.165) is 23.3 Å². The first-order valence-corrected chi connectivity index (χ1v) is 11.5. The van der Waals surface area contributed by atoms with Gasteiger partial charge in [0.15, 0.2) is 6.61 Å². The van der Waals surface area contributed by atoms with Crippen molar-refractivity contribution in [1.82, 2.24) is 0 Å². The third-order valence-corrected chi connectivity index (χ3v) is 5.44. The highest BCUT2D eigenvalue weighted by molar-refractivity contribution is 5.94. The van der Waals surface area contributed by atoms with Gasteiger partial charge < -0.3 is 20.1 Å². The predicted molar refractivity (Wildman–Crippen MR) is 136 cm³/mol. The van der Waals surface area contributed by atoms with E-state index in [-0.39, 0.29) is 18.7 Å². The van der Waals surface area contributed by atoms with Crippen LogP contribution in [0, 0.1) is 13.8 Å². The van der Waals surface area contributed by atoms with Crippen molar-refractivity contribution in [3.8, 4) is 11.5 Å². The SMILES string of the molecule is CCc1ccccc1NC(=O)COC(=O)CCC(=O)Nc1ccc(Oc2ccc(C)c(C)c2)cc1. The van der Waals surface area contributed by atoms with Crippen LogP contribution >= 0.6 is 0 Å². The molecule has 0 radical (unpaired) electrons. The normalized spacial score (nSPS) is 10.4. The summed E-state index contributed by atoms with van der Waals surface area (Å²) in [5.74, 6) is 0.0236. The molecule has 0 heterocycles. The van der Waals surface area contributed by atoms with E-state index in [9.17, 15) is 14.4 Å². The molecule has 0 bridgehead atoms. The summed E-state index contributed by atoms with van der Waals surface area (Å²) in [5, 5.41) is 5.47. The Labute approximate surface area is 205 Å². The van der Waals surface area contributed by atoms with Crippen molar-refractivity contribution in [1.29, 1.82) is 0 Å². The van der Waals surface area contributed by atoms with Gasteiger partial charge in [0, 0.05) is 17.8 Å². The van der Waals surface area contributed by atoms with Gasteiger partial charge in [0.25, 0.3) is 5.91 Å². The van der Waals surface area contributed by atoms with Gasteiger partial charge in [-0.25, -0.2) is 0 Å². The van der Waals surface area contributed by atoms with E-state index in [0.29, 0.717) is 17.1 Å². The summed E-state index contributed by atoms with van der Waals surface area (Å²) >= 11 is 0. The zero-order valence-electron chi connectivity index (χ0n) is 20.2. The molecule has 0 aliphatic carbocycles. The van der Waals surface area contributed by atoms with E-state index in [1.54, 1.807) is 30.3 Å². The summed E-state index contributed by atoms with van der Waals surface area (Å²) < 4.78 is 10.8. The lowest BCUT2D eigenvalue weighted by molar-refractivity contribution is -0.147. The van der Waals surface area contributed by atoms with E-state index in [4.69, 9.17) is 9.47 Å². The Hall–Kier alpha value is -4.13. The zero-order chi connectivity index (χ0) is 25.2. The number of para-hydroxylation sites is 1. The monoisotopic (exact) mass is 474 g/mol. The molecule has 2 N–H and O–H groups in total. The van der Waals surface area contributed by atoms with E-state index in [1.807, 2.05) is 57.2 Å². The molecular formula is C28H30N2O5. The van der Waals surface area contributed by atoms with Gasteiger partial charge in [-0.05, 0) is 79.4 Å². The van der Waals surface area contributed by atoms with Crippen LogP contribution in [-0.4, -0.2) is 24.4 Å². The van der Waals surface area contributed by atoms with Gasteiger partial charge in [0.05, 0.1) is 6.42 Å². The molecule has 0 atom stereocenters. The molecular weight excluding hydrogens is 444 g/mol. The molecule has 0 saturated heterocycles. The van der Waals surface area contributed by atoms with Gasteiger partial charge in [-0.15, -0.1) is 0 Å². The van der Waals surface area contributed by atoms with Crippen LogP contribution in [0.4, 0.5) is 11.4 Å². The molecule has 0 aliphatic rings. The van der Waals surface area contributed by atoms with Crippen molar-refractivity contribution < 1.29 is 23.9 Å². The van der Waals surface area contributed by atoms with Crippen LogP contribution in [0.3, 0.4) is 0 Å². The second-order valence-electron chi connectivity index (χ2n) is 8.14. The predicted octanol–water partition coefficient (Wildman–Crippen LogP) is 5.56. The summed E-state index contributed by atoms with van der Waals surface area (Å²) in [5.41, 5.74) is 4.62. The Bertz CT molecular complexity index is 1190. The molecule has 7 heteroatoms. The molecule has 3 aromatic carbocycles. The summed E-state index contributed by atoms with van der Waals surface area (Å²) in [6.07, 6.45) is 0.589. The second-order valence-corrected chi connectivity index (χ2v) is 8.14. The molecule has 0 aromatic heterocycles. The number of anilines is 2. The number of nitrogens with one attached hydrogen (secondary N) is 2. The Morgan fingerprint density at radius 1 is 0.771 bits per heavy atom. The van der Waals surface area contributed by atoms with Crippen molar-refractivity contribution >= 4 is 29.2 Å². The highest BCUT2D eigenvalue weighted by Gasteiger charge is 2.12. The lowest BCUT2D eigenvalue weighted by Gasteiger charge is -2.10. The minimum atomic E-state index is -0.615. The number of carbonyl (C=O) groups is 3. The maximum Gasteiger partial charge on any atom is 0.306 e. The number of aryl methyl sites for hydroxylation is 3. The maximum absolute atomic E-state index is 12.2. The standard InChI is InChI=1S/C28H30N2O5/c1-4-21-7-5-6-8-25(21)30-27(32)18-34-28(33)16-15-26(31)29-22-10-13-23(14-11-22)35-24-12-9-19(2)20(3)17-24/h5-14,17H,4,15-16,18H2,1-3H3,(H,29,31)(H,30,32). The first-order chi connectivity index (χ1) is 16.8. The van der Waals surface area contributed by atoms with E-state index in [2.05, 4.69) is 10.6 Å². The van der Waals surface area contributed by atoms with Gasteiger partial charge in [-0.3, -0.25) is 14.4 Å². The van der Waals surface area contributed by atoms with Crippen LogP contribution in [0.5, 0.6) is 11.5 Å². The summed E-state index contributed by atoms with van der Waals surface area (Å²) in [6.45, 7) is 5.66. The molecule has 0 saturated carbocycles. The molecule has 0 aliphatic heterocycles. The van der Waals surface area contributed by atoms with Crippen LogP contribution in [0.15, 0.2) is 66.7 Å². The molecule has 182 valence electrons. The van der Waals surface area contributed by atoms with E-state index in [1.165, 1.54) is 5.56 Å². The number of benzene rings is 3. The fourth-order valence-corrected chi connectivity index (χ4v) is 3.31. The van der Waals surface area contributed by atoms with Crippen LogP contribution in [0.25, 0.3) is 0 Å². The number of rotatable bonds is 10. The number of esters is 1. The molecule has 2 amide bonds. The van der Waals surface area contributed by atoms with Gasteiger partial charge in [-0.2, -0.15) is 0 Å². The van der Waals surface area contributed by atoms with Crippen LogP contribution in [0.1, 0.15) is 36.5 Å². The van der Waals surface area contributed by atoms with Crippen molar-refractivity contribution in [3.05, 3.63) is 83.4 Å². The van der Waals surface area contributed by atoms with Crippen molar-refractivity contribution in [2.45, 2.75) is 40.0 Å². The number of ether oxygens (including phenoxy) is 2. The summed E-state index contributed by atoms with van der Waals surface area (Å²) in [7, 11) is 0. The van der Waals surface area contributed by atoms with Gasteiger partial charge >= 0.3 is 5.97 Å². The minimum absolute atomic E-state index is 0.0555. The van der Waals surface area contributed by atoms with E-state index >= 15 is 0 Å². The smallest absolute Gasteiger partial charge is 0.306 e. The molecule has 0 fully saturated rings. The first-order valence-electron chi connectivity index (χ1n) is 11.5. The topological polar surface area (TPSA) is 93.7 Å². The number of carbonyl (C=O) groups excluding carboxylic acids is 3. The zero-order valence-corrected chi connectivity index (χ0v) is 20.2. The second kappa shape index (κ2) is 12.4. The van der Waals surface area contributed by atoms with Crippen LogP contribution in [-0.2, 0) is 25.5 Å². The molecule has 3 rings (SSSR count). The average molecular weight is 475 g/mol. The van der Waals surface area contributed by atoms with Crippen molar-refractivity contribution in [2.75, 3.05) is 17.2 Å². The fourth-order valence-electron chi connectivity index (χ4n) is 3.31. The fraction of sp³-hybridized carbons (Fsp3) is 0.250. The summed E-state index contributed by atoms with van der Waals surface area (Å²) in [4.78, 5) is 36.2. The highest BCUT2D eigenvalue weighted by Crippen LogP contribution is 2.25. The Morgan fingerprint density at radius 2 is 1.49 bits per heavy atom. The van der Waals surface area contributed by atoms with Gasteiger partial charge in [0.1, 0.15) is 11.5 Å². The molecule has 0 spiro atoms. The Balaban J connectivity index is 1.38. The molecule has 7 nitrogen and oxygen atoms in total. The Morgan fingerprint density at radius 3 is 2.20 bits per heavy atom. The largest absolute Gasteiger partial charge is 0.457 e. The van der Waals surface area contributed by atoms with Crippen LogP contribution in [0.2, 0.25) is 0 Å². The molecule has 35 heavy (non-hydrogen) atoms. The van der Waals surface area contributed by atoms with Crippen molar-refractivity contribution in [3.63, 3.8) is 0 Å². The summed E-state index contributed by atoms with van der Waals surface area (Å²) in [6, 6.07) is 20.3. The number of hydrogen-bond donors (Lipinski definition) is 2. The third kappa shape index (κ3) is 7.99. The third-order valence-electron chi connectivity index (χ3n) is 5.44. The molecule has 3 aromatic rings. The van der Waals surface area contributed by atoms with Crippen molar-refractivity contribution in [2.24, 2.45) is 0 Å². The van der Waals surface area contributed by atoms with Gasteiger partial charge in [-0.1, -0.05) is 31.2 Å². The lowest BCUT2D eigenvalue weighted by atomic mass is 10.1.